The number of carbonyl (C=O) groups is 2. The van der Waals surface area contributed by atoms with Gasteiger partial charge >= 0.3 is 11.7 Å². The Morgan fingerprint density at radius 3 is 2.48 bits per heavy atom. The van der Waals surface area contributed by atoms with E-state index in [0.717, 1.165) is 13.2 Å². The van der Waals surface area contributed by atoms with Gasteiger partial charge in [-0.15, -0.1) is 0 Å². The zero-order valence-corrected chi connectivity index (χ0v) is 15.7. The summed E-state index contributed by atoms with van der Waals surface area (Å²) in [5.41, 5.74) is -0.166. The quantitative estimate of drug-likeness (QED) is 0.434. The van der Waals surface area contributed by atoms with Gasteiger partial charge in [0, 0.05) is 11.1 Å². The topological polar surface area (TPSA) is 108 Å². The summed E-state index contributed by atoms with van der Waals surface area (Å²) in [7, 11) is 1.16. The van der Waals surface area contributed by atoms with Crippen molar-refractivity contribution >= 4 is 46.5 Å². The standard InChI is InChI=1S/C17H14Cl2N2O6/c1-9(16(22)20-13-5-4-11(18)8-12(13)19)27-15-6-3-10(17(23)26-2)7-14(15)21(24)25/h3-9H,1-2H3,(H,20,22)/t9-/m0/s1. The Hall–Kier alpha value is -2.84. The van der Waals surface area contributed by atoms with Crippen molar-refractivity contribution in [3.8, 4) is 5.75 Å². The van der Waals surface area contributed by atoms with Crippen LogP contribution in [0.3, 0.4) is 0 Å². The number of hydrogen-bond donors (Lipinski definition) is 1. The van der Waals surface area contributed by atoms with E-state index in [9.17, 15) is 19.7 Å². The number of carbonyl (C=O) groups excluding carboxylic acids is 2. The van der Waals surface area contributed by atoms with Crippen molar-refractivity contribution < 1.29 is 24.0 Å². The Morgan fingerprint density at radius 2 is 1.89 bits per heavy atom. The molecule has 0 saturated heterocycles. The van der Waals surface area contributed by atoms with Crippen LogP contribution in [0.2, 0.25) is 10.0 Å². The van der Waals surface area contributed by atoms with Gasteiger partial charge in [0.05, 0.1) is 28.3 Å². The van der Waals surface area contributed by atoms with Crippen molar-refractivity contribution in [3.05, 3.63) is 62.1 Å². The first-order chi connectivity index (χ1) is 12.7. The lowest BCUT2D eigenvalue weighted by Gasteiger charge is -2.15. The van der Waals surface area contributed by atoms with E-state index in [4.69, 9.17) is 27.9 Å². The molecule has 0 fully saturated rings. The number of esters is 1. The minimum absolute atomic E-state index is 0.0124. The highest BCUT2D eigenvalue weighted by molar-refractivity contribution is 6.36. The summed E-state index contributed by atoms with van der Waals surface area (Å²) in [6, 6.07) is 8.06. The van der Waals surface area contributed by atoms with E-state index in [0.29, 0.717) is 10.7 Å². The van der Waals surface area contributed by atoms with Crippen LogP contribution in [0.25, 0.3) is 0 Å². The lowest BCUT2D eigenvalue weighted by molar-refractivity contribution is -0.386. The first kappa shape index (κ1) is 20.5. The van der Waals surface area contributed by atoms with E-state index in [2.05, 4.69) is 10.1 Å². The number of amides is 1. The number of methoxy groups -OCH3 is 1. The number of nitrogens with one attached hydrogen (secondary N) is 1. The molecule has 0 aromatic heterocycles. The van der Waals surface area contributed by atoms with Crippen molar-refractivity contribution in [1.29, 1.82) is 0 Å². The van der Waals surface area contributed by atoms with Crippen molar-refractivity contribution in [1.82, 2.24) is 0 Å². The Morgan fingerprint density at radius 1 is 1.19 bits per heavy atom. The van der Waals surface area contributed by atoms with Crippen LogP contribution in [0.15, 0.2) is 36.4 Å². The van der Waals surface area contributed by atoms with Gasteiger partial charge < -0.3 is 14.8 Å². The van der Waals surface area contributed by atoms with Gasteiger partial charge in [-0.3, -0.25) is 14.9 Å². The van der Waals surface area contributed by atoms with E-state index >= 15 is 0 Å². The highest BCUT2D eigenvalue weighted by Crippen LogP contribution is 2.30. The summed E-state index contributed by atoms with van der Waals surface area (Å²) in [5, 5.41) is 14.4. The van der Waals surface area contributed by atoms with Gasteiger partial charge in [0.1, 0.15) is 0 Å². The summed E-state index contributed by atoms with van der Waals surface area (Å²) in [6.07, 6.45) is -1.08. The van der Waals surface area contributed by atoms with Crippen molar-refractivity contribution in [2.24, 2.45) is 0 Å². The third-order valence-electron chi connectivity index (χ3n) is 3.44. The SMILES string of the molecule is COC(=O)c1ccc(O[C@@H](C)C(=O)Nc2ccc(Cl)cc2Cl)c([N+](=O)[O-])c1. The van der Waals surface area contributed by atoms with E-state index < -0.39 is 28.6 Å². The zero-order chi connectivity index (χ0) is 20.1. The normalized spacial score (nSPS) is 11.4. The number of nitro groups is 1. The average Bonchev–Trinajstić information content (AvgIpc) is 2.63. The summed E-state index contributed by atoms with van der Waals surface area (Å²) in [4.78, 5) is 34.3. The number of ether oxygens (including phenoxy) is 2. The largest absolute Gasteiger partial charge is 0.474 e. The fourth-order valence-corrected chi connectivity index (χ4v) is 2.53. The molecule has 8 nitrogen and oxygen atoms in total. The predicted octanol–water partition coefficient (Wildman–Crippen LogP) is 4.09. The molecule has 2 aromatic carbocycles. The highest BCUT2D eigenvalue weighted by Gasteiger charge is 2.23. The molecule has 2 aromatic rings. The maximum Gasteiger partial charge on any atom is 0.338 e. The third kappa shape index (κ3) is 5.08. The van der Waals surface area contributed by atoms with Crippen molar-refractivity contribution in [2.75, 3.05) is 12.4 Å². The number of halogens is 2. The first-order valence-electron chi connectivity index (χ1n) is 7.52. The Kier molecular flexibility index (Phi) is 6.59. The van der Waals surface area contributed by atoms with Gasteiger partial charge in [-0.1, -0.05) is 23.2 Å². The van der Waals surface area contributed by atoms with Gasteiger partial charge in [0.15, 0.2) is 11.9 Å². The van der Waals surface area contributed by atoms with Crippen molar-refractivity contribution in [3.63, 3.8) is 0 Å². The second-order valence-electron chi connectivity index (χ2n) is 5.30. The molecule has 1 N–H and O–H groups in total. The van der Waals surface area contributed by atoms with E-state index in [-0.39, 0.29) is 16.3 Å². The molecule has 1 amide bonds. The lowest BCUT2D eigenvalue weighted by Crippen LogP contribution is -2.30. The Bertz CT molecular complexity index is 903. The summed E-state index contributed by atoms with van der Waals surface area (Å²) >= 11 is 11.8. The van der Waals surface area contributed by atoms with Gasteiger partial charge in [-0.05, 0) is 37.3 Å². The summed E-state index contributed by atoms with van der Waals surface area (Å²) < 4.78 is 9.93. The molecular formula is C17H14Cl2N2O6. The van der Waals surface area contributed by atoms with Crippen LogP contribution in [-0.2, 0) is 9.53 Å². The lowest BCUT2D eigenvalue weighted by atomic mass is 10.2. The van der Waals surface area contributed by atoms with Crippen LogP contribution in [0.5, 0.6) is 5.75 Å². The minimum atomic E-state index is -1.08. The molecule has 2 rings (SSSR count). The third-order valence-corrected chi connectivity index (χ3v) is 3.99. The summed E-state index contributed by atoms with van der Waals surface area (Å²) in [5.74, 6) is -1.48. The monoisotopic (exact) mass is 412 g/mol. The Balaban J connectivity index is 2.18. The second-order valence-corrected chi connectivity index (χ2v) is 6.15. The molecule has 0 bridgehead atoms. The van der Waals surface area contributed by atoms with Crippen LogP contribution in [0.4, 0.5) is 11.4 Å². The molecule has 0 heterocycles. The van der Waals surface area contributed by atoms with Crippen LogP contribution in [0.1, 0.15) is 17.3 Å². The number of nitrogens with zero attached hydrogens (tertiary/aromatic N) is 1. The molecule has 0 aliphatic rings. The maximum absolute atomic E-state index is 12.3. The van der Waals surface area contributed by atoms with E-state index in [1.165, 1.54) is 31.2 Å². The van der Waals surface area contributed by atoms with Gasteiger partial charge in [-0.2, -0.15) is 0 Å². The van der Waals surface area contributed by atoms with Crippen LogP contribution in [0, 0.1) is 10.1 Å². The smallest absolute Gasteiger partial charge is 0.338 e. The second kappa shape index (κ2) is 8.70. The fourth-order valence-electron chi connectivity index (χ4n) is 2.07. The van der Waals surface area contributed by atoms with Crippen LogP contribution >= 0.6 is 23.2 Å². The molecule has 0 aliphatic carbocycles. The zero-order valence-electron chi connectivity index (χ0n) is 14.2. The van der Waals surface area contributed by atoms with Crippen LogP contribution in [-0.4, -0.2) is 30.0 Å². The molecule has 0 aliphatic heterocycles. The molecule has 0 radical (unpaired) electrons. The molecule has 10 heteroatoms. The minimum Gasteiger partial charge on any atom is -0.474 e. The number of benzene rings is 2. The molecule has 1 atom stereocenters. The molecule has 0 spiro atoms. The van der Waals surface area contributed by atoms with E-state index in [1.807, 2.05) is 0 Å². The number of hydrogen-bond acceptors (Lipinski definition) is 6. The van der Waals surface area contributed by atoms with Gasteiger partial charge in [0.2, 0.25) is 0 Å². The molecule has 0 unspecified atom stereocenters. The summed E-state index contributed by atoms with van der Waals surface area (Å²) in [6.45, 7) is 1.41. The maximum atomic E-state index is 12.3. The first-order valence-corrected chi connectivity index (χ1v) is 8.28. The number of anilines is 1. The predicted molar refractivity (Wildman–Crippen MR) is 99.6 cm³/mol. The highest BCUT2D eigenvalue weighted by atomic mass is 35.5. The fraction of sp³-hybridized carbons (Fsp3) is 0.176. The van der Waals surface area contributed by atoms with Gasteiger partial charge in [-0.25, -0.2) is 4.79 Å². The number of rotatable bonds is 6. The van der Waals surface area contributed by atoms with Gasteiger partial charge in [0.25, 0.3) is 5.91 Å². The molecule has 0 saturated carbocycles. The molecule has 142 valence electrons. The number of nitro benzene ring substituents is 1. The van der Waals surface area contributed by atoms with Crippen molar-refractivity contribution in [2.45, 2.75) is 13.0 Å². The molecule has 27 heavy (non-hydrogen) atoms. The van der Waals surface area contributed by atoms with E-state index in [1.54, 1.807) is 6.07 Å². The average molecular weight is 413 g/mol. The van der Waals surface area contributed by atoms with Crippen LogP contribution < -0.4 is 10.1 Å². The Labute approximate surface area is 164 Å². The molecular weight excluding hydrogens is 399 g/mol.